The lowest BCUT2D eigenvalue weighted by molar-refractivity contribution is 0.0691. The van der Waals surface area contributed by atoms with Crippen molar-refractivity contribution in [1.29, 1.82) is 0 Å². The molecule has 2 N–H and O–H groups in total. The average molecular weight is 291 g/mol. The molecule has 8 heteroatoms. The van der Waals surface area contributed by atoms with Crippen LogP contribution in [0.4, 0.5) is 0 Å². The molecule has 1 heterocycles. The predicted molar refractivity (Wildman–Crippen MR) is 66.7 cm³/mol. The number of sulfonamides is 1. The molecule has 7 nitrogen and oxygen atoms in total. The van der Waals surface area contributed by atoms with Gasteiger partial charge in [0.25, 0.3) is 0 Å². The third kappa shape index (κ3) is 2.80. The van der Waals surface area contributed by atoms with Crippen molar-refractivity contribution >= 4 is 16.0 Å². The van der Waals surface area contributed by atoms with Crippen molar-refractivity contribution in [3.05, 3.63) is 17.1 Å². The van der Waals surface area contributed by atoms with Crippen LogP contribution in [0.5, 0.6) is 0 Å². The van der Waals surface area contributed by atoms with Crippen molar-refractivity contribution in [1.82, 2.24) is 4.31 Å². The summed E-state index contributed by atoms with van der Waals surface area (Å²) in [7, 11) is -4.00. The Bertz CT molecular complexity index is 574. The molecule has 0 radical (unpaired) electrons. The highest BCUT2D eigenvalue weighted by atomic mass is 32.2. The predicted octanol–water partition coefficient (Wildman–Crippen LogP) is 0.598. The maximum Gasteiger partial charge on any atom is 0.340 e. The third-order valence-corrected chi connectivity index (χ3v) is 4.85. The molecule has 0 aliphatic carbocycles. The van der Waals surface area contributed by atoms with Crippen LogP contribution >= 0.6 is 0 Å². The summed E-state index contributed by atoms with van der Waals surface area (Å²) < 4.78 is 30.9. The molecule has 0 amide bonds. The fourth-order valence-electron chi connectivity index (χ4n) is 1.91. The number of furan rings is 1. The molecule has 1 aromatic heterocycles. The van der Waals surface area contributed by atoms with Crippen LogP contribution < -0.4 is 0 Å². The Hall–Kier alpha value is -1.38. The highest BCUT2D eigenvalue weighted by Gasteiger charge is 2.34. The third-order valence-electron chi connectivity index (χ3n) is 2.72. The lowest BCUT2D eigenvalue weighted by atomic mass is 10.2. The lowest BCUT2D eigenvalue weighted by Gasteiger charge is -2.19. The number of nitrogens with zero attached hydrogens (tertiary/aromatic N) is 1. The van der Waals surface area contributed by atoms with Gasteiger partial charge in [0.05, 0.1) is 6.61 Å². The molecule has 0 fully saturated rings. The standard InChI is InChI=1S/C11H17NO6S/c1-4-12(5-6-13)19(16,17)10-8(3)18-7(2)9(10)11(14)15/h13H,4-6H2,1-3H3,(H,14,15). The summed E-state index contributed by atoms with van der Waals surface area (Å²) in [6.07, 6.45) is 0. The van der Waals surface area contributed by atoms with E-state index in [1.165, 1.54) is 13.8 Å². The Morgan fingerprint density at radius 1 is 1.32 bits per heavy atom. The second-order valence-corrected chi connectivity index (χ2v) is 5.82. The molecule has 1 rings (SSSR count). The average Bonchev–Trinajstić information content (AvgIpc) is 2.61. The number of hydrogen-bond donors (Lipinski definition) is 2. The summed E-state index contributed by atoms with van der Waals surface area (Å²) in [5, 5.41) is 18.0. The zero-order valence-electron chi connectivity index (χ0n) is 11.0. The monoisotopic (exact) mass is 291 g/mol. The molecule has 0 aliphatic rings. The molecule has 0 saturated carbocycles. The zero-order valence-corrected chi connectivity index (χ0v) is 11.8. The van der Waals surface area contributed by atoms with Crippen molar-refractivity contribution in [2.24, 2.45) is 0 Å². The molecule has 0 aromatic carbocycles. The number of aromatic carboxylic acids is 1. The number of hydrogen-bond acceptors (Lipinski definition) is 5. The second kappa shape index (κ2) is 5.72. The van der Waals surface area contributed by atoms with Gasteiger partial charge in [-0.2, -0.15) is 4.31 Å². The van der Waals surface area contributed by atoms with E-state index in [0.717, 1.165) is 4.31 Å². The fraction of sp³-hybridized carbons (Fsp3) is 0.545. The second-order valence-electron chi connectivity index (χ2n) is 3.94. The van der Waals surface area contributed by atoms with E-state index in [0.29, 0.717) is 0 Å². The van der Waals surface area contributed by atoms with Gasteiger partial charge in [0.2, 0.25) is 10.0 Å². The summed E-state index contributed by atoms with van der Waals surface area (Å²) in [6.45, 7) is 4.10. The first kappa shape index (κ1) is 15.7. The number of aliphatic hydroxyl groups excluding tert-OH is 1. The lowest BCUT2D eigenvalue weighted by Crippen LogP contribution is -2.34. The fourth-order valence-corrected chi connectivity index (χ4v) is 3.72. The highest BCUT2D eigenvalue weighted by molar-refractivity contribution is 7.89. The largest absolute Gasteiger partial charge is 0.478 e. The first-order valence-corrected chi connectivity index (χ1v) is 7.15. The van der Waals surface area contributed by atoms with Gasteiger partial charge in [-0.25, -0.2) is 13.2 Å². The van der Waals surface area contributed by atoms with E-state index in [4.69, 9.17) is 14.6 Å². The van der Waals surface area contributed by atoms with Crippen LogP contribution in [0.25, 0.3) is 0 Å². The van der Waals surface area contributed by atoms with Gasteiger partial charge < -0.3 is 14.6 Å². The summed E-state index contributed by atoms with van der Waals surface area (Å²) in [6, 6.07) is 0. The van der Waals surface area contributed by atoms with Gasteiger partial charge >= 0.3 is 5.97 Å². The van der Waals surface area contributed by atoms with Gasteiger partial charge in [0, 0.05) is 13.1 Å². The van der Waals surface area contributed by atoms with Crippen LogP contribution in [0.15, 0.2) is 9.31 Å². The van der Waals surface area contributed by atoms with E-state index in [9.17, 15) is 13.2 Å². The number of likely N-dealkylation sites (N-methyl/N-ethyl adjacent to an activating group) is 1. The normalized spacial score (nSPS) is 12.1. The summed E-state index contributed by atoms with van der Waals surface area (Å²) >= 11 is 0. The van der Waals surface area contributed by atoms with E-state index < -0.39 is 16.0 Å². The van der Waals surface area contributed by atoms with Crippen LogP contribution in [0.2, 0.25) is 0 Å². The highest BCUT2D eigenvalue weighted by Crippen LogP contribution is 2.29. The minimum atomic E-state index is -4.00. The SMILES string of the molecule is CCN(CCO)S(=O)(=O)c1c(C)oc(C)c1C(=O)O. The van der Waals surface area contributed by atoms with E-state index in [2.05, 4.69) is 0 Å². The number of aliphatic hydroxyl groups is 1. The Kier molecular flexibility index (Phi) is 4.72. The molecule has 0 unspecified atom stereocenters. The van der Waals surface area contributed by atoms with Crippen molar-refractivity contribution in [2.75, 3.05) is 19.7 Å². The van der Waals surface area contributed by atoms with Crippen LogP contribution in [-0.2, 0) is 10.0 Å². The molecule has 1 aromatic rings. The maximum atomic E-state index is 12.4. The number of carboxylic acids is 1. The van der Waals surface area contributed by atoms with Crippen molar-refractivity contribution < 1.29 is 27.8 Å². The zero-order chi connectivity index (χ0) is 14.8. The molecular formula is C11H17NO6S. The Morgan fingerprint density at radius 2 is 1.89 bits per heavy atom. The Balaban J connectivity index is 3.48. The molecule has 0 aliphatic heterocycles. The van der Waals surface area contributed by atoms with Crippen LogP contribution in [0, 0.1) is 13.8 Å². The minimum Gasteiger partial charge on any atom is -0.478 e. The number of aryl methyl sites for hydroxylation is 2. The molecule has 0 bridgehead atoms. The van der Waals surface area contributed by atoms with Crippen molar-refractivity contribution in [2.45, 2.75) is 25.7 Å². The summed E-state index contributed by atoms with van der Waals surface area (Å²) in [5.41, 5.74) is -0.353. The van der Waals surface area contributed by atoms with Gasteiger partial charge in [0.15, 0.2) is 0 Å². The van der Waals surface area contributed by atoms with Crippen LogP contribution in [0.1, 0.15) is 28.8 Å². The minimum absolute atomic E-state index is 0.0336. The van der Waals surface area contributed by atoms with E-state index in [1.54, 1.807) is 6.92 Å². The van der Waals surface area contributed by atoms with Crippen molar-refractivity contribution in [3.63, 3.8) is 0 Å². The maximum absolute atomic E-state index is 12.4. The topological polar surface area (TPSA) is 108 Å². The first-order valence-electron chi connectivity index (χ1n) is 5.71. The quantitative estimate of drug-likeness (QED) is 0.794. The molecule has 0 saturated heterocycles. The molecule has 108 valence electrons. The molecule has 0 atom stereocenters. The van der Waals surface area contributed by atoms with Crippen LogP contribution in [-0.4, -0.2) is 48.6 Å². The number of rotatable bonds is 6. The Morgan fingerprint density at radius 3 is 2.32 bits per heavy atom. The van der Waals surface area contributed by atoms with Gasteiger partial charge in [-0.15, -0.1) is 0 Å². The van der Waals surface area contributed by atoms with Crippen molar-refractivity contribution in [3.8, 4) is 0 Å². The summed E-state index contributed by atoms with van der Waals surface area (Å²) in [5.74, 6) is -1.28. The van der Waals surface area contributed by atoms with Gasteiger partial charge in [-0.05, 0) is 13.8 Å². The number of carboxylic acid groups (broad SMARTS) is 1. The van der Waals surface area contributed by atoms with E-state index >= 15 is 0 Å². The molecule has 19 heavy (non-hydrogen) atoms. The van der Waals surface area contributed by atoms with Crippen LogP contribution in [0.3, 0.4) is 0 Å². The number of carbonyl (C=O) groups is 1. The van der Waals surface area contributed by atoms with Gasteiger partial charge in [-0.1, -0.05) is 6.92 Å². The molecular weight excluding hydrogens is 274 g/mol. The summed E-state index contributed by atoms with van der Waals surface area (Å²) in [4.78, 5) is 10.8. The molecule has 0 spiro atoms. The van der Waals surface area contributed by atoms with Gasteiger partial charge in [-0.3, -0.25) is 0 Å². The first-order chi connectivity index (χ1) is 8.77. The Labute approximate surface area is 111 Å². The smallest absolute Gasteiger partial charge is 0.340 e. The van der Waals surface area contributed by atoms with E-state index in [1.807, 2.05) is 0 Å². The van der Waals surface area contributed by atoms with E-state index in [-0.39, 0.29) is 41.7 Å². The van der Waals surface area contributed by atoms with Gasteiger partial charge in [0.1, 0.15) is 22.0 Å².